The number of ketones is 1. The number of halogens is 1. The van der Waals surface area contributed by atoms with Gasteiger partial charge in [-0.05, 0) is 23.8 Å². The van der Waals surface area contributed by atoms with E-state index in [2.05, 4.69) is 19.9 Å². The van der Waals surface area contributed by atoms with Crippen LogP contribution in [0.1, 0.15) is 19.4 Å². The van der Waals surface area contributed by atoms with Crippen LogP contribution in [-0.4, -0.2) is 19.4 Å². The normalized spacial score (nSPS) is 17.0. The standard InChI is InChI=1S/C20H20FNO2/c1-20(2)15-8-4-6-10-17(15)22(3)19(20)12-14(23)13-24-18-11-7-5-9-16(18)21/h4-12H,13H2,1-3H3/b19-12-. The summed E-state index contributed by atoms with van der Waals surface area (Å²) >= 11 is 0. The average Bonchev–Trinajstić information content (AvgIpc) is 2.76. The topological polar surface area (TPSA) is 29.5 Å². The van der Waals surface area contributed by atoms with E-state index in [9.17, 15) is 9.18 Å². The molecule has 0 atom stereocenters. The fraction of sp³-hybridized carbons (Fsp3) is 0.250. The number of anilines is 1. The molecule has 1 aliphatic heterocycles. The summed E-state index contributed by atoms with van der Waals surface area (Å²) in [7, 11) is 1.95. The highest BCUT2D eigenvalue weighted by Crippen LogP contribution is 2.46. The summed E-state index contributed by atoms with van der Waals surface area (Å²) in [6.07, 6.45) is 1.60. The van der Waals surface area contributed by atoms with E-state index in [1.807, 2.05) is 30.1 Å². The fourth-order valence-electron chi connectivity index (χ4n) is 3.16. The van der Waals surface area contributed by atoms with Crippen LogP contribution in [0.5, 0.6) is 5.75 Å². The highest BCUT2D eigenvalue weighted by Gasteiger charge is 2.38. The second-order valence-electron chi connectivity index (χ2n) is 6.42. The Morgan fingerprint density at radius 1 is 1.17 bits per heavy atom. The van der Waals surface area contributed by atoms with Crippen LogP contribution in [0.15, 0.2) is 60.3 Å². The number of hydrogen-bond acceptors (Lipinski definition) is 3. The van der Waals surface area contributed by atoms with Crippen molar-refractivity contribution in [3.8, 4) is 5.75 Å². The number of allylic oxidation sites excluding steroid dienone is 1. The Morgan fingerprint density at radius 3 is 2.54 bits per heavy atom. The van der Waals surface area contributed by atoms with Crippen LogP contribution in [0.2, 0.25) is 0 Å². The first kappa shape index (κ1) is 16.2. The summed E-state index contributed by atoms with van der Waals surface area (Å²) in [5.41, 5.74) is 2.92. The van der Waals surface area contributed by atoms with Crippen molar-refractivity contribution in [1.29, 1.82) is 0 Å². The van der Waals surface area contributed by atoms with Gasteiger partial charge in [0.15, 0.2) is 24.0 Å². The maximum atomic E-state index is 13.5. The van der Waals surface area contributed by atoms with Gasteiger partial charge in [-0.1, -0.05) is 44.2 Å². The van der Waals surface area contributed by atoms with Crippen LogP contribution in [0, 0.1) is 5.82 Å². The zero-order chi connectivity index (χ0) is 17.3. The number of fused-ring (bicyclic) bond motifs is 1. The van der Waals surface area contributed by atoms with Crippen LogP contribution < -0.4 is 9.64 Å². The molecule has 0 amide bonds. The largest absolute Gasteiger partial charge is 0.482 e. The molecule has 2 aromatic rings. The molecule has 0 bridgehead atoms. The number of nitrogens with zero attached hydrogens (tertiary/aromatic N) is 1. The molecule has 0 aromatic heterocycles. The Kier molecular flexibility index (Phi) is 4.14. The fourth-order valence-corrected chi connectivity index (χ4v) is 3.16. The van der Waals surface area contributed by atoms with E-state index < -0.39 is 5.82 Å². The van der Waals surface area contributed by atoms with E-state index in [1.54, 1.807) is 18.2 Å². The van der Waals surface area contributed by atoms with Crippen molar-refractivity contribution in [3.05, 3.63) is 71.7 Å². The minimum atomic E-state index is -0.469. The Labute approximate surface area is 141 Å². The summed E-state index contributed by atoms with van der Waals surface area (Å²) in [5.74, 6) is -0.573. The van der Waals surface area contributed by atoms with Gasteiger partial charge in [0.2, 0.25) is 0 Å². The number of ether oxygens (including phenoxy) is 1. The minimum absolute atomic E-state index is 0.0894. The lowest BCUT2D eigenvalue weighted by molar-refractivity contribution is -0.116. The van der Waals surface area contributed by atoms with E-state index in [4.69, 9.17) is 4.74 Å². The minimum Gasteiger partial charge on any atom is -0.482 e. The number of para-hydroxylation sites is 2. The summed E-state index contributed by atoms with van der Waals surface area (Å²) < 4.78 is 18.9. The maximum Gasteiger partial charge on any atom is 0.194 e. The van der Waals surface area contributed by atoms with Gasteiger partial charge in [0.25, 0.3) is 0 Å². The van der Waals surface area contributed by atoms with Crippen LogP contribution in [0.3, 0.4) is 0 Å². The smallest absolute Gasteiger partial charge is 0.194 e. The second kappa shape index (κ2) is 6.11. The Morgan fingerprint density at radius 2 is 1.83 bits per heavy atom. The van der Waals surface area contributed by atoms with Crippen LogP contribution in [-0.2, 0) is 10.2 Å². The molecule has 24 heavy (non-hydrogen) atoms. The van der Waals surface area contributed by atoms with Crippen molar-refractivity contribution in [1.82, 2.24) is 0 Å². The Hall–Kier alpha value is -2.62. The number of carbonyl (C=O) groups is 1. The van der Waals surface area contributed by atoms with Crippen molar-refractivity contribution in [2.75, 3.05) is 18.6 Å². The molecule has 0 N–H and O–H groups in total. The van der Waals surface area contributed by atoms with Gasteiger partial charge < -0.3 is 9.64 Å². The van der Waals surface area contributed by atoms with Gasteiger partial charge in [-0.15, -0.1) is 0 Å². The lowest BCUT2D eigenvalue weighted by atomic mass is 9.83. The van der Waals surface area contributed by atoms with Crippen molar-refractivity contribution < 1.29 is 13.9 Å². The molecule has 4 heteroatoms. The van der Waals surface area contributed by atoms with Gasteiger partial charge >= 0.3 is 0 Å². The third kappa shape index (κ3) is 2.80. The molecule has 0 unspecified atom stereocenters. The van der Waals surface area contributed by atoms with Gasteiger partial charge in [-0.2, -0.15) is 0 Å². The van der Waals surface area contributed by atoms with E-state index in [1.165, 1.54) is 17.7 Å². The molecule has 3 nitrogen and oxygen atoms in total. The molecule has 2 aromatic carbocycles. The summed E-state index contributed by atoms with van der Waals surface area (Å²) in [5, 5.41) is 0. The van der Waals surface area contributed by atoms with Crippen LogP contribution >= 0.6 is 0 Å². The Bertz CT molecular complexity index is 811. The van der Waals surface area contributed by atoms with E-state index in [0.29, 0.717) is 0 Å². The molecule has 1 aliphatic rings. The summed E-state index contributed by atoms with van der Waals surface area (Å²) in [6.45, 7) is 3.99. The van der Waals surface area contributed by atoms with E-state index in [0.717, 1.165) is 11.4 Å². The average molecular weight is 325 g/mol. The number of rotatable bonds is 4. The predicted octanol–water partition coefficient (Wildman–Crippen LogP) is 4.09. The van der Waals surface area contributed by atoms with E-state index in [-0.39, 0.29) is 23.6 Å². The second-order valence-corrected chi connectivity index (χ2v) is 6.42. The SMILES string of the molecule is CN1/C(=C\C(=O)COc2ccccc2F)C(C)(C)c2ccccc21. The van der Waals surface area contributed by atoms with Crippen LogP contribution in [0.4, 0.5) is 10.1 Å². The molecular formula is C20H20FNO2. The molecule has 0 saturated heterocycles. The predicted molar refractivity (Wildman–Crippen MR) is 92.9 cm³/mol. The first-order chi connectivity index (χ1) is 11.4. The number of carbonyl (C=O) groups excluding carboxylic acids is 1. The number of hydrogen-bond donors (Lipinski definition) is 0. The molecule has 0 fully saturated rings. The summed E-state index contributed by atoms with van der Waals surface area (Å²) in [6, 6.07) is 14.2. The molecule has 0 spiro atoms. The molecule has 124 valence electrons. The maximum absolute atomic E-state index is 13.5. The first-order valence-electron chi connectivity index (χ1n) is 7.87. The van der Waals surface area contributed by atoms with E-state index >= 15 is 0 Å². The first-order valence-corrected chi connectivity index (χ1v) is 7.87. The lowest BCUT2D eigenvalue weighted by Crippen LogP contribution is -2.25. The van der Waals surface area contributed by atoms with Crippen molar-refractivity contribution >= 4 is 11.5 Å². The monoisotopic (exact) mass is 325 g/mol. The highest BCUT2D eigenvalue weighted by atomic mass is 19.1. The van der Waals surface area contributed by atoms with Crippen molar-refractivity contribution in [2.45, 2.75) is 19.3 Å². The quantitative estimate of drug-likeness (QED) is 0.793. The number of benzene rings is 2. The summed E-state index contributed by atoms with van der Waals surface area (Å²) in [4.78, 5) is 14.3. The van der Waals surface area contributed by atoms with Gasteiger partial charge in [-0.3, -0.25) is 4.79 Å². The molecule has 0 aliphatic carbocycles. The van der Waals surface area contributed by atoms with Gasteiger partial charge in [0.05, 0.1) is 0 Å². The molecule has 1 heterocycles. The van der Waals surface area contributed by atoms with Crippen molar-refractivity contribution in [3.63, 3.8) is 0 Å². The molecule has 0 saturated carbocycles. The van der Waals surface area contributed by atoms with Gasteiger partial charge in [-0.25, -0.2) is 4.39 Å². The van der Waals surface area contributed by atoms with Crippen molar-refractivity contribution in [2.24, 2.45) is 0 Å². The lowest BCUT2D eigenvalue weighted by Gasteiger charge is -2.23. The Balaban J connectivity index is 1.79. The van der Waals surface area contributed by atoms with Gasteiger partial charge in [0.1, 0.15) is 0 Å². The molecular weight excluding hydrogens is 305 g/mol. The van der Waals surface area contributed by atoms with Crippen LogP contribution in [0.25, 0.3) is 0 Å². The third-order valence-electron chi connectivity index (χ3n) is 4.44. The third-order valence-corrected chi connectivity index (χ3v) is 4.44. The molecule has 3 rings (SSSR count). The molecule has 0 radical (unpaired) electrons. The zero-order valence-corrected chi connectivity index (χ0v) is 14.0. The zero-order valence-electron chi connectivity index (χ0n) is 14.0. The number of likely N-dealkylation sites (N-methyl/N-ethyl adjacent to an activating group) is 1. The highest BCUT2D eigenvalue weighted by molar-refractivity contribution is 5.93. The van der Waals surface area contributed by atoms with Gasteiger partial charge in [0, 0.05) is 29.9 Å².